The predicted octanol–water partition coefficient (Wildman–Crippen LogP) is 1.81. The molecule has 0 spiro atoms. The summed E-state index contributed by atoms with van der Waals surface area (Å²) in [4.78, 5) is 11.8. The monoisotopic (exact) mass is 224 g/mol. The topological polar surface area (TPSA) is 55.1 Å². The van der Waals surface area contributed by atoms with Gasteiger partial charge in [0.15, 0.2) is 0 Å². The van der Waals surface area contributed by atoms with Crippen LogP contribution in [0, 0.1) is 11.3 Å². The molecule has 1 atom stereocenters. The molecule has 0 radical (unpaired) electrons. The Kier molecular flexibility index (Phi) is 2.99. The van der Waals surface area contributed by atoms with Crippen molar-refractivity contribution >= 4 is 5.91 Å². The van der Waals surface area contributed by atoms with Gasteiger partial charge in [0.05, 0.1) is 0 Å². The van der Waals surface area contributed by atoms with Crippen LogP contribution in [0.3, 0.4) is 0 Å². The van der Waals surface area contributed by atoms with Crippen LogP contribution in [-0.4, -0.2) is 18.0 Å². The Morgan fingerprint density at radius 1 is 1.38 bits per heavy atom. The van der Waals surface area contributed by atoms with Gasteiger partial charge in [0.2, 0.25) is 5.91 Å². The van der Waals surface area contributed by atoms with Crippen LogP contribution >= 0.6 is 0 Å². The second-order valence-corrected chi connectivity index (χ2v) is 6.44. The average Bonchev–Trinajstić information content (AvgIpc) is 2.56. The quantitative estimate of drug-likeness (QED) is 0.765. The molecule has 2 aliphatic rings. The van der Waals surface area contributed by atoms with Gasteiger partial charge < -0.3 is 11.1 Å². The van der Waals surface area contributed by atoms with E-state index in [0.29, 0.717) is 17.8 Å². The third-order valence-electron chi connectivity index (χ3n) is 4.38. The Bertz CT molecular complexity index is 280. The Morgan fingerprint density at radius 3 is 2.44 bits per heavy atom. The maximum atomic E-state index is 11.8. The van der Waals surface area contributed by atoms with E-state index in [-0.39, 0.29) is 11.4 Å². The highest BCUT2D eigenvalue weighted by Crippen LogP contribution is 2.51. The van der Waals surface area contributed by atoms with Crippen molar-refractivity contribution in [1.29, 1.82) is 0 Å². The van der Waals surface area contributed by atoms with E-state index in [0.717, 1.165) is 19.4 Å². The predicted molar refractivity (Wildman–Crippen MR) is 64.9 cm³/mol. The molecule has 2 saturated carbocycles. The molecule has 1 amide bonds. The number of carbonyl (C=O) groups is 1. The van der Waals surface area contributed by atoms with E-state index >= 15 is 0 Å². The molecule has 3 heteroatoms. The molecule has 3 nitrogen and oxygen atoms in total. The Balaban J connectivity index is 1.69. The van der Waals surface area contributed by atoms with Crippen molar-refractivity contribution in [2.45, 2.75) is 57.9 Å². The number of hydrogen-bond acceptors (Lipinski definition) is 2. The van der Waals surface area contributed by atoms with Crippen LogP contribution in [0.5, 0.6) is 0 Å². The molecule has 0 saturated heterocycles. The first kappa shape index (κ1) is 11.9. The van der Waals surface area contributed by atoms with Gasteiger partial charge in [0, 0.05) is 18.5 Å². The lowest BCUT2D eigenvalue weighted by Crippen LogP contribution is -2.42. The maximum absolute atomic E-state index is 11.8. The van der Waals surface area contributed by atoms with E-state index in [1.165, 1.54) is 19.3 Å². The minimum atomic E-state index is -0.205. The van der Waals surface area contributed by atoms with Crippen molar-refractivity contribution in [1.82, 2.24) is 5.32 Å². The molecule has 16 heavy (non-hydrogen) atoms. The molecule has 92 valence electrons. The zero-order valence-electron chi connectivity index (χ0n) is 10.5. The highest BCUT2D eigenvalue weighted by Gasteiger charge is 2.45. The van der Waals surface area contributed by atoms with Gasteiger partial charge >= 0.3 is 0 Å². The summed E-state index contributed by atoms with van der Waals surface area (Å²) in [6.07, 6.45) is 6.13. The standard InChI is InChI=1S/C13H24N2O/c1-12(2)7-10(12)9-15-11(16)8-13(14)5-3-4-6-13/h10H,3-9,14H2,1-2H3,(H,15,16). The van der Waals surface area contributed by atoms with Crippen molar-refractivity contribution in [3.8, 4) is 0 Å². The third-order valence-corrected chi connectivity index (χ3v) is 4.38. The molecule has 2 fully saturated rings. The highest BCUT2D eigenvalue weighted by molar-refractivity contribution is 5.77. The molecule has 2 rings (SSSR count). The van der Waals surface area contributed by atoms with Crippen LogP contribution in [0.1, 0.15) is 52.4 Å². The molecule has 0 aromatic heterocycles. The van der Waals surface area contributed by atoms with Gasteiger partial charge in [-0.05, 0) is 30.6 Å². The van der Waals surface area contributed by atoms with Crippen molar-refractivity contribution in [3.05, 3.63) is 0 Å². The van der Waals surface area contributed by atoms with Gasteiger partial charge in [-0.1, -0.05) is 26.7 Å². The minimum Gasteiger partial charge on any atom is -0.356 e. The van der Waals surface area contributed by atoms with E-state index in [1.807, 2.05) is 0 Å². The molecule has 0 aromatic carbocycles. The Labute approximate surface area is 98.2 Å². The molecule has 0 heterocycles. The van der Waals surface area contributed by atoms with Crippen molar-refractivity contribution in [3.63, 3.8) is 0 Å². The molecular formula is C13H24N2O. The van der Waals surface area contributed by atoms with E-state index in [4.69, 9.17) is 5.73 Å². The summed E-state index contributed by atoms with van der Waals surface area (Å²) in [5, 5.41) is 3.03. The molecule has 0 aromatic rings. The fourth-order valence-electron chi connectivity index (χ4n) is 2.80. The zero-order chi connectivity index (χ0) is 11.8. The molecular weight excluding hydrogens is 200 g/mol. The molecule has 0 aliphatic heterocycles. The largest absolute Gasteiger partial charge is 0.356 e. The van der Waals surface area contributed by atoms with E-state index in [1.54, 1.807) is 0 Å². The summed E-state index contributed by atoms with van der Waals surface area (Å²) in [5.74, 6) is 0.820. The van der Waals surface area contributed by atoms with Crippen molar-refractivity contribution in [2.75, 3.05) is 6.54 Å². The second kappa shape index (κ2) is 4.02. The first-order chi connectivity index (χ1) is 7.41. The van der Waals surface area contributed by atoms with Crippen LogP contribution in [0.15, 0.2) is 0 Å². The second-order valence-electron chi connectivity index (χ2n) is 6.44. The van der Waals surface area contributed by atoms with Gasteiger partial charge in [0.1, 0.15) is 0 Å². The van der Waals surface area contributed by atoms with Gasteiger partial charge in [-0.25, -0.2) is 0 Å². The van der Waals surface area contributed by atoms with E-state index < -0.39 is 0 Å². The van der Waals surface area contributed by atoms with Gasteiger partial charge in [-0.2, -0.15) is 0 Å². The number of amides is 1. The van der Waals surface area contributed by atoms with Gasteiger partial charge in [-0.15, -0.1) is 0 Å². The summed E-state index contributed by atoms with van der Waals surface area (Å²) in [5.41, 5.74) is 6.41. The summed E-state index contributed by atoms with van der Waals surface area (Å²) in [6.45, 7) is 5.35. The molecule has 1 unspecified atom stereocenters. The fraction of sp³-hybridized carbons (Fsp3) is 0.923. The summed E-state index contributed by atoms with van der Waals surface area (Å²) in [6, 6.07) is 0. The lowest BCUT2D eigenvalue weighted by molar-refractivity contribution is -0.122. The molecule has 0 bridgehead atoms. The fourth-order valence-corrected chi connectivity index (χ4v) is 2.80. The first-order valence-electron chi connectivity index (χ1n) is 6.47. The lowest BCUT2D eigenvalue weighted by atomic mass is 9.94. The molecule has 3 N–H and O–H groups in total. The summed E-state index contributed by atoms with van der Waals surface area (Å²) in [7, 11) is 0. The van der Waals surface area contributed by atoms with Gasteiger partial charge in [0.25, 0.3) is 0 Å². The lowest BCUT2D eigenvalue weighted by Gasteiger charge is -2.22. The number of rotatable bonds is 4. The van der Waals surface area contributed by atoms with E-state index in [9.17, 15) is 4.79 Å². The number of nitrogens with two attached hydrogens (primary N) is 1. The summed E-state index contributed by atoms with van der Waals surface area (Å²) >= 11 is 0. The third kappa shape index (κ3) is 2.76. The number of hydrogen-bond donors (Lipinski definition) is 2. The van der Waals surface area contributed by atoms with Crippen LogP contribution in [0.2, 0.25) is 0 Å². The number of carbonyl (C=O) groups excluding carboxylic acids is 1. The van der Waals surface area contributed by atoms with Crippen molar-refractivity contribution < 1.29 is 4.79 Å². The normalized spacial score (nSPS) is 30.1. The SMILES string of the molecule is CC1(C)CC1CNC(=O)CC1(N)CCCC1. The highest BCUT2D eigenvalue weighted by atomic mass is 16.1. The smallest absolute Gasteiger partial charge is 0.221 e. The van der Waals surface area contributed by atoms with Crippen LogP contribution in [0.25, 0.3) is 0 Å². The van der Waals surface area contributed by atoms with E-state index in [2.05, 4.69) is 19.2 Å². The van der Waals surface area contributed by atoms with Crippen LogP contribution in [-0.2, 0) is 4.79 Å². The average molecular weight is 224 g/mol. The van der Waals surface area contributed by atoms with Crippen molar-refractivity contribution in [2.24, 2.45) is 17.1 Å². The van der Waals surface area contributed by atoms with Crippen LogP contribution < -0.4 is 11.1 Å². The minimum absolute atomic E-state index is 0.145. The van der Waals surface area contributed by atoms with Crippen LogP contribution in [0.4, 0.5) is 0 Å². The maximum Gasteiger partial charge on any atom is 0.221 e. The summed E-state index contributed by atoms with van der Waals surface area (Å²) < 4.78 is 0. The molecule has 2 aliphatic carbocycles. The number of nitrogens with one attached hydrogen (secondary N) is 1. The zero-order valence-corrected chi connectivity index (χ0v) is 10.5. The first-order valence-corrected chi connectivity index (χ1v) is 6.47. The van der Waals surface area contributed by atoms with Gasteiger partial charge in [-0.3, -0.25) is 4.79 Å². The Hall–Kier alpha value is -0.570. The Morgan fingerprint density at radius 2 is 1.94 bits per heavy atom.